The number of aromatic nitrogens is 2. The summed E-state index contributed by atoms with van der Waals surface area (Å²) in [4.78, 5) is 12.8. The van der Waals surface area contributed by atoms with Crippen LogP contribution in [0.2, 0.25) is 0 Å². The van der Waals surface area contributed by atoms with Gasteiger partial charge in [0.15, 0.2) is 5.82 Å². The van der Waals surface area contributed by atoms with Gasteiger partial charge in [0.05, 0.1) is 11.9 Å². The van der Waals surface area contributed by atoms with E-state index < -0.39 is 0 Å². The van der Waals surface area contributed by atoms with Crippen molar-refractivity contribution in [2.75, 3.05) is 41.7 Å². The van der Waals surface area contributed by atoms with Crippen LogP contribution >= 0.6 is 0 Å². The molecule has 0 atom stereocenters. The van der Waals surface area contributed by atoms with E-state index in [-0.39, 0.29) is 0 Å². The second-order valence-electron chi connectivity index (χ2n) is 4.61. The average Bonchev–Trinajstić information content (AvgIpc) is 2.49. The number of hydrogen-bond acceptors (Lipinski definition) is 5. The van der Waals surface area contributed by atoms with E-state index in [1.54, 1.807) is 12.5 Å². The molecule has 19 heavy (non-hydrogen) atoms. The maximum Gasteiger partial charge on any atom is 0.155 e. The van der Waals surface area contributed by atoms with Crippen molar-refractivity contribution in [3.8, 4) is 0 Å². The van der Waals surface area contributed by atoms with Crippen molar-refractivity contribution in [1.82, 2.24) is 9.97 Å². The van der Waals surface area contributed by atoms with Gasteiger partial charge in [-0.2, -0.15) is 0 Å². The molecule has 1 saturated heterocycles. The van der Waals surface area contributed by atoms with Crippen molar-refractivity contribution >= 4 is 17.2 Å². The maximum absolute atomic E-state index is 5.92. The Morgan fingerprint density at radius 2 is 1.63 bits per heavy atom. The lowest BCUT2D eigenvalue weighted by Crippen LogP contribution is -2.47. The molecule has 0 unspecified atom stereocenters. The molecule has 0 saturated carbocycles. The molecule has 1 aliphatic rings. The zero-order valence-electron chi connectivity index (χ0n) is 10.7. The normalized spacial score (nSPS) is 15.6. The van der Waals surface area contributed by atoms with Crippen molar-refractivity contribution in [2.45, 2.75) is 0 Å². The van der Waals surface area contributed by atoms with Crippen LogP contribution in [-0.4, -0.2) is 36.1 Å². The van der Waals surface area contributed by atoms with E-state index in [9.17, 15) is 0 Å². The third-order valence-corrected chi connectivity index (χ3v) is 3.42. The third-order valence-electron chi connectivity index (χ3n) is 3.42. The summed E-state index contributed by atoms with van der Waals surface area (Å²) >= 11 is 0. The molecule has 1 aromatic carbocycles. The number of para-hydroxylation sites is 1. The number of anilines is 3. The molecular weight excluding hydrogens is 238 g/mol. The Bertz CT molecular complexity index is 535. The zero-order chi connectivity index (χ0) is 13.1. The molecule has 0 radical (unpaired) electrons. The van der Waals surface area contributed by atoms with Crippen LogP contribution in [-0.2, 0) is 0 Å². The minimum atomic E-state index is 0.649. The van der Waals surface area contributed by atoms with E-state index in [1.165, 1.54) is 5.69 Å². The fraction of sp³-hybridized carbons (Fsp3) is 0.286. The molecule has 1 aliphatic heterocycles. The molecule has 5 heteroatoms. The monoisotopic (exact) mass is 255 g/mol. The number of piperazine rings is 1. The lowest BCUT2D eigenvalue weighted by Gasteiger charge is -2.37. The first kappa shape index (κ1) is 11.8. The lowest BCUT2D eigenvalue weighted by molar-refractivity contribution is 0.647. The van der Waals surface area contributed by atoms with Gasteiger partial charge in [-0.05, 0) is 12.1 Å². The standard InChI is InChI=1S/C14H17N5/c15-13-10-16-11-17-14(13)19-8-6-18(7-9-19)12-4-2-1-3-5-12/h1-5,10-11H,6-9,15H2. The molecule has 1 aromatic heterocycles. The first-order chi connectivity index (χ1) is 9.34. The van der Waals surface area contributed by atoms with E-state index in [0.29, 0.717) is 5.69 Å². The summed E-state index contributed by atoms with van der Waals surface area (Å²) in [6.07, 6.45) is 3.21. The SMILES string of the molecule is Nc1cncnc1N1CCN(c2ccccc2)CC1. The number of hydrogen-bond donors (Lipinski definition) is 1. The second-order valence-corrected chi connectivity index (χ2v) is 4.61. The molecule has 0 spiro atoms. The molecule has 0 amide bonds. The molecule has 2 aromatic rings. The molecular formula is C14H17N5. The third kappa shape index (κ3) is 2.45. The van der Waals surface area contributed by atoms with Gasteiger partial charge in [-0.25, -0.2) is 9.97 Å². The largest absolute Gasteiger partial charge is 0.394 e. The fourth-order valence-corrected chi connectivity index (χ4v) is 2.41. The van der Waals surface area contributed by atoms with Gasteiger partial charge in [-0.15, -0.1) is 0 Å². The van der Waals surface area contributed by atoms with Gasteiger partial charge in [0, 0.05) is 31.9 Å². The first-order valence-electron chi connectivity index (χ1n) is 6.45. The summed E-state index contributed by atoms with van der Waals surface area (Å²) < 4.78 is 0. The maximum atomic E-state index is 5.92. The number of benzene rings is 1. The highest BCUT2D eigenvalue weighted by molar-refractivity contribution is 5.62. The highest BCUT2D eigenvalue weighted by Gasteiger charge is 2.19. The van der Waals surface area contributed by atoms with E-state index in [0.717, 1.165) is 32.0 Å². The summed E-state index contributed by atoms with van der Waals surface area (Å²) in [6, 6.07) is 10.5. The quantitative estimate of drug-likeness (QED) is 0.878. The Labute approximate surface area is 112 Å². The Hall–Kier alpha value is -2.30. The summed E-state index contributed by atoms with van der Waals surface area (Å²) in [7, 11) is 0. The van der Waals surface area contributed by atoms with Crippen LogP contribution in [0.5, 0.6) is 0 Å². The lowest BCUT2D eigenvalue weighted by atomic mass is 10.2. The van der Waals surface area contributed by atoms with Gasteiger partial charge in [0.25, 0.3) is 0 Å². The summed E-state index contributed by atoms with van der Waals surface area (Å²) in [6.45, 7) is 3.81. The Morgan fingerprint density at radius 1 is 0.947 bits per heavy atom. The van der Waals surface area contributed by atoms with Gasteiger partial charge < -0.3 is 15.5 Å². The van der Waals surface area contributed by atoms with Crippen LogP contribution in [0.15, 0.2) is 42.9 Å². The van der Waals surface area contributed by atoms with Crippen LogP contribution in [0.4, 0.5) is 17.2 Å². The molecule has 5 nitrogen and oxygen atoms in total. The Balaban J connectivity index is 1.69. The summed E-state index contributed by atoms with van der Waals surface area (Å²) in [5.41, 5.74) is 7.84. The van der Waals surface area contributed by atoms with Crippen molar-refractivity contribution in [2.24, 2.45) is 0 Å². The van der Waals surface area contributed by atoms with E-state index in [2.05, 4.69) is 44.0 Å². The number of nitrogens with two attached hydrogens (primary N) is 1. The predicted molar refractivity (Wildman–Crippen MR) is 77.3 cm³/mol. The molecule has 0 aliphatic carbocycles. The van der Waals surface area contributed by atoms with Crippen molar-refractivity contribution in [1.29, 1.82) is 0 Å². The Morgan fingerprint density at radius 3 is 2.32 bits per heavy atom. The van der Waals surface area contributed by atoms with Gasteiger partial charge in [-0.1, -0.05) is 18.2 Å². The zero-order valence-corrected chi connectivity index (χ0v) is 10.7. The van der Waals surface area contributed by atoms with Crippen molar-refractivity contribution in [3.63, 3.8) is 0 Å². The van der Waals surface area contributed by atoms with Crippen LogP contribution in [0, 0.1) is 0 Å². The smallest absolute Gasteiger partial charge is 0.155 e. The van der Waals surface area contributed by atoms with Gasteiger partial charge in [-0.3, -0.25) is 0 Å². The molecule has 1 fully saturated rings. The molecule has 3 rings (SSSR count). The van der Waals surface area contributed by atoms with Gasteiger partial charge in [0.1, 0.15) is 6.33 Å². The van der Waals surface area contributed by atoms with Crippen molar-refractivity contribution in [3.05, 3.63) is 42.9 Å². The van der Waals surface area contributed by atoms with Crippen molar-refractivity contribution < 1.29 is 0 Å². The highest BCUT2D eigenvalue weighted by atomic mass is 15.3. The van der Waals surface area contributed by atoms with Gasteiger partial charge >= 0.3 is 0 Å². The first-order valence-corrected chi connectivity index (χ1v) is 6.45. The summed E-state index contributed by atoms with van der Waals surface area (Å²) in [5, 5.41) is 0. The average molecular weight is 255 g/mol. The predicted octanol–water partition coefficient (Wildman–Crippen LogP) is 1.39. The van der Waals surface area contributed by atoms with E-state index >= 15 is 0 Å². The number of rotatable bonds is 2. The summed E-state index contributed by atoms with van der Waals surface area (Å²) in [5.74, 6) is 0.850. The molecule has 0 bridgehead atoms. The van der Waals surface area contributed by atoms with Crippen LogP contribution in [0.3, 0.4) is 0 Å². The molecule has 2 heterocycles. The fourth-order valence-electron chi connectivity index (χ4n) is 2.41. The van der Waals surface area contributed by atoms with Crippen LogP contribution in [0.25, 0.3) is 0 Å². The molecule has 2 N–H and O–H groups in total. The number of nitrogen functional groups attached to an aromatic ring is 1. The van der Waals surface area contributed by atoms with E-state index in [1.807, 2.05) is 6.07 Å². The van der Waals surface area contributed by atoms with Crippen LogP contribution < -0.4 is 15.5 Å². The topological polar surface area (TPSA) is 58.3 Å². The van der Waals surface area contributed by atoms with Gasteiger partial charge in [0.2, 0.25) is 0 Å². The molecule has 98 valence electrons. The van der Waals surface area contributed by atoms with Crippen LogP contribution in [0.1, 0.15) is 0 Å². The number of nitrogens with zero attached hydrogens (tertiary/aromatic N) is 4. The Kier molecular flexibility index (Phi) is 3.18. The minimum absolute atomic E-state index is 0.649. The van der Waals surface area contributed by atoms with E-state index in [4.69, 9.17) is 5.73 Å². The highest BCUT2D eigenvalue weighted by Crippen LogP contribution is 2.22. The minimum Gasteiger partial charge on any atom is -0.394 e. The second kappa shape index (κ2) is 5.14.